The lowest BCUT2D eigenvalue weighted by Crippen LogP contribution is -2.20. The minimum atomic E-state index is -0.317. The second-order valence-electron chi connectivity index (χ2n) is 4.14. The van der Waals surface area contributed by atoms with Crippen LogP contribution < -0.4 is 14.8 Å². The summed E-state index contributed by atoms with van der Waals surface area (Å²) in [4.78, 5) is 16.3. The molecule has 2 aromatic rings. The molecule has 0 atom stereocenters. The normalized spacial score (nSPS) is 12.8. The molecule has 0 spiro atoms. The van der Waals surface area contributed by atoms with Crippen LogP contribution in [0.1, 0.15) is 10.4 Å². The first-order valence-electron chi connectivity index (χ1n) is 6.05. The Hall–Kier alpha value is -2.27. The molecule has 5 nitrogen and oxygen atoms in total. The van der Waals surface area contributed by atoms with Crippen molar-refractivity contribution in [2.45, 2.75) is 0 Å². The van der Waals surface area contributed by atoms with E-state index in [1.165, 1.54) is 6.20 Å². The first kappa shape index (κ1) is 12.7. The smallest absolute Gasteiger partial charge is 0.260 e. The number of carbonyl (C=O) groups excluding carboxylic acids is 1. The molecule has 1 N–H and O–H groups in total. The van der Waals surface area contributed by atoms with Crippen molar-refractivity contribution in [2.24, 2.45) is 0 Å². The van der Waals surface area contributed by atoms with Crippen molar-refractivity contribution in [3.05, 3.63) is 47.1 Å². The van der Waals surface area contributed by atoms with Gasteiger partial charge >= 0.3 is 0 Å². The molecular formula is C14H11ClN2O3. The zero-order valence-electron chi connectivity index (χ0n) is 10.4. The van der Waals surface area contributed by atoms with Gasteiger partial charge in [-0.1, -0.05) is 17.7 Å². The number of ether oxygens (including phenoxy) is 2. The van der Waals surface area contributed by atoms with Crippen LogP contribution in [0.15, 0.2) is 36.5 Å². The summed E-state index contributed by atoms with van der Waals surface area (Å²) in [6, 6.07) is 8.40. The Morgan fingerprint density at radius 2 is 2.10 bits per heavy atom. The van der Waals surface area contributed by atoms with E-state index < -0.39 is 0 Å². The van der Waals surface area contributed by atoms with Gasteiger partial charge in [0.05, 0.1) is 5.56 Å². The van der Waals surface area contributed by atoms with Gasteiger partial charge in [0.1, 0.15) is 19.0 Å². The minimum absolute atomic E-state index is 0.317. The number of amides is 1. The van der Waals surface area contributed by atoms with Crippen molar-refractivity contribution in [2.75, 3.05) is 18.5 Å². The average molecular weight is 291 g/mol. The second-order valence-corrected chi connectivity index (χ2v) is 4.58. The zero-order valence-corrected chi connectivity index (χ0v) is 11.2. The number of nitrogens with zero attached hydrogens (tertiary/aromatic N) is 1. The summed E-state index contributed by atoms with van der Waals surface area (Å²) in [5.41, 5.74) is 0.406. The number of anilines is 1. The van der Waals surface area contributed by atoms with Gasteiger partial charge in [-0.3, -0.25) is 4.79 Å². The summed E-state index contributed by atoms with van der Waals surface area (Å²) in [7, 11) is 0. The Morgan fingerprint density at radius 1 is 1.25 bits per heavy atom. The average Bonchev–Trinajstić information content (AvgIpc) is 2.46. The van der Waals surface area contributed by atoms with Crippen molar-refractivity contribution in [1.82, 2.24) is 4.98 Å². The number of benzene rings is 1. The first-order chi connectivity index (χ1) is 9.74. The highest BCUT2D eigenvalue weighted by Gasteiger charge is 2.20. The third-order valence-corrected chi connectivity index (χ3v) is 3.01. The fraction of sp³-hybridized carbons (Fsp3) is 0.143. The molecule has 0 saturated heterocycles. The Morgan fingerprint density at radius 3 is 2.95 bits per heavy atom. The van der Waals surface area contributed by atoms with Gasteiger partial charge in [0.25, 0.3) is 5.91 Å². The van der Waals surface area contributed by atoms with Crippen molar-refractivity contribution in [1.29, 1.82) is 0 Å². The number of nitrogens with one attached hydrogen (secondary N) is 1. The van der Waals surface area contributed by atoms with E-state index in [9.17, 15) is 4.79 Å². The number of rotatable bonds is 2. The number of halogens is 1. The van der Waals surface area contributed by atoms with Gasteiger partial charge in [-0.2, -0.15) is 0 Å². The maximum Gasteiger partial charge on any atom is 0.260 e. The van der Waals surface area contributed by atoms with Gasteiger partial charge in [-0.15, -0.1) is 0 Å². The summed E-state index contributed by atoms with van der Waals surface area (Å²) in [5.74, 6) is 1.10. The van der Waals surface area contributed by atoms with Gasteiger partial charge in [0.2, 0.25) is 0 Å². The quantitative estimate of drug-likeness (QED) is 0.924. The van der Waals surface area contributed by atoms with Crippen molar-refractivity contribution >= 4 is 23.3 Å². The summed E-state index contributed by atoms with van der Waals surface area (Å²) in [6.07, 6.45) is 1.53. The lowest BCUT2D eigenvalue weighted by Gasteiger charge is -2.20. The minimum Gasteiger partial charge on any atom is -0.486 e. The number of fused-ring (bicyclic) bond motifs is 1. The standard InChI is InChI=1S/C14H11ClN2O3/c15-9-4-5-16-12(8-9)17-14(18)10-2-1-3-11-13(10)20-7-6-19-11/h1-5,8H,6-7H2,(H,16,17,18). The lowest BCUT2D eigenvalue weighted by molar-refractivity contribution is 0.101. The highest BCUT2D eigenvalue weighted by atomic mass is 35.5. The summed E-state index contributed by atoms with van der Waals surface area (Å²) in [5, 5.41) is 3.18. The van der Waals surface area contributed by atoms with Crippen molar-refractivity contribution < 1.29 is 14.3 Å². The van der Waals surface area contributed by atoms with E-state index in [0.29, 0.717) is 41.1 Å². The fourth-order valence-corrected chi connectivity index (χ4v) is 2.07. The summed E-state index contributed by atoms with van der Waals surface area (Å²) < 4.78 is 10.9. The van der Waals surface area contributed by atoms with Gasteiger partial charge in [-0.05, 0) is 24.3 Å². The fourth-order valence-electron chi connectivity index (χ4n) is 1.91. The van der Waals surface area contributed by atoms with Crippen LogP contribution >= 0.6 is 11.6 Å². The molecule has 3 rings (SSSR count). The van der Waals surface area contributed by atoms with E-state index in [-0.39, 0.29) is 5.91 Å². The van der Waals surface area contributed by atoms with E-state index >= 15 is 0 Å². The molecule has 0 radical (unpaired) electrons. The van der Waals surface area contributed by atoms with Crippen LogP contribution in [0.3, 0.4) is 0 Å². The maximum atomic E-state index is 12.3. The van der Waals surface area contributed by atoms with Crippen LogP contribution in [0, 0.1) is 0 Å². The molecule has 1 amide bonds. The Balaban J connectivity index is 1.88. The number of pyridine rings is 1. The number of carbonyl (C=O) groups is 1. The largest absolute Gasteiger partial charge is 0.486 e. The molecule has 0 saturated carbocycles. The molecular weight excluding hydrogens is 280 g/mol. The molecule has 0 fully saturated rings. The van der Waals surface area contributed by atoms with Crippen LogP contribution in [0.4, 0.5) is 5.82 Å². The predicted octanol–water partition coefficient (Wildman–Crippen LogP) is 2.76. The van der Waals surface area contributed by atoms with Crippen LogP contribution in [-0.2, 0) is 0 Å². The lowest BCUT2D eigenvalue weighted by atomic mass is 10.1. The van der Waals surface area contributed by atoms with Crippen molar-refractivity contribution in [3.8, 4) is 11.5 Å². The molecule has 1 aliphatic heterocycles. The number of aromatic nitrogens is 1. The topological polar surface area (TPSA) is 60.5 Å². The SMILES string of the molecule is O=C(Nc1cc(Cl)ccn1)c1cccc2c1OCCO2. The van der Waals surface area contributed by atoms with E-state index in [4.69, 9.17) is 21.1 Å². The number of hydrogen-bond donors (Lipinski definition) is 1. The number of hydrogen-bond acceptors (Lipinski definition) is 4. The van der Waals surface area contributed by atoms with E-state index in [1.54, 1.807) is 30.3 Å². The molecule has 0 bridgehead atoms. The molecule has 2 heterocycles. The van der Waals surface area contributed by atoms with E-state index in [0.717, 1.165) is 0 Å². The Bertz CT molecular complexity index is 661. The highest BCUT2D eigenvalue weighted by molar-refractivity contribution is 6.30. The van der Waals surface area contributed by atoms with E-state index in [1.807, 2.05) is 0 Å². The van der Waals surface area contributed by atoms with Gasteiger partial charge in [-0.25, -0.2) is 4.98 Å². The van der Waals surface area contributed by atoms with Gasteiger partial charge in [0, 0.05) is 11.2 Å². The van der Waals surface area contributed by atoms with E-state index in [2.05, 4.69) is 10.3 Å². The third-order valence-electron chi connectivity index (χ3n) is 2.77. The molecule has 6 heteroatoms. The first-order valence-corrected chi connectivity index (χ1v) is 6.43. The Labute approximate surface area is 120 Å². The van der Waals surface area contributed by atoms with Crippen LogP contribution in [-0.4, -0.2) is 24.1 Å². The summed E-state index contributed by atoms with van der Waals surface area (Å²) in [6.45, 7) is 0.903. The predicted molar refractivity (Wildman–Crippen MR) is 74.6 cm³/mol. The monoisotopic (exact) mass is 290 g/mol. The maximum absolute atomic E-state index is 12.3. The molecule has 0 aliphatic carbocycles. The molecule has 0 unspecified atom stereocenters. The van der Waals surface area contributed by atoms with Crippen molar-refractivity contribution in [3.63, 3.8) is 0 Å². The van der Waals surface area contributed by atoms with Crippen LogP contribution in [0.5, 0.6) is 11.5 Å². The molecule has 102 valence electrons. The van der Waals surface area contributed by atoms with Crippen LogP contribution in [0.2, 0.25) is 5.02 Å². The molecule has 20 heavy (non-hydrogen) atoms. The van der Waals surface area contributed by atoms with Gasteiger partial charge in [0.15, 0.2) is 11.5 Å². The highest BCUT2D eigenvalue weighted by Crippen LogP contribution is 2.33. The molecule has 1 aliphatic rings. The zero-order chi connectivity index (χ0) is 13.9. The molecule has 1 aromatic carbocycles. The summed E-state index contributed by atoms with van der Waals surface area (Å²) >= 11 is 5.85. The molecule has 1 aromatic heterocycles. The third kappa shape index (κ3) is 2.53. The Kier molecular flexibility index (Phi) is 3.43. The van der Waals surface area contributed by atoms with Gasteiger partial charge < -0.3 is 14.8 Å². The number of para-hydroxylation sites is 1. The van der Waals surface area contributed by atoms with Crippen LogP contribution in [0.25, 0.3) is 0 Å². The second kappa shape index (κ2) is 5.38.